The Morgan fingerprint density at radius 1 is 1.30 bits per heavy atom. The van der Waals surface area contributed by atoms with Crippen LogP contribution >= 0.6 is 27.5 Å². The summed E-state index contributed by atoms with van der Waals surface area (Å²) in [5, 5.41) is 2.59. The zero-order chi connectivity index (χ0) is 20.4. The SMILES string of the molecule is COc1ccc(N([C@@H](C)C(=O)Nc2ccc(Br)cc2F)S(C)(=O)=O)cc1Cl. The van der Waals surface area contributed by atoms with Crippen molar-refractivity contribution in [2.24, 2.45) is 0 Å². The molecule has 0 aliphatic rings. The van der Waals surface area contributed by atoms with Crippen molar-refractivity contribution in [3.8, 4) is 5.75 Å². The van der Waals surface area contributed by atoms with E-state index in [4.69, 9.17) is 16.3 Å². The van der Waals surface area contributed by atoms with Crippen molar-refractivity contribution >= 4 is 54.8 Å². The van der Waals surface area contributed by atoms with Crippen molar-refractivity contribution in [2.45, 2.75) is 13.0 Å². The molecule has 0 spiro atoms. The lowest BCUT2D eigenvalue weighted by molar-refractivity contribution is -0.116. The van der Waals surface area contributed by atoms with Crippen molar-refractivity contribution in [2.75, 3.05) is 23.0 Å². The summed E-state index contributed by atoms with van der Waals surface area (Å²) >= 11 is 9.20. The van der Waals surface area contributed by atoms with Gasteiger partial charge in [0, 0.05) is 4.47 Å². The van der Waals surface area contributed by atoms with Gasteiger partial charge in [0.2, 0.25) is 15.9 Å². The van der Waals surface area contributed by atoms with E-state index in [9.17, 15) is 17.6 Å². The van der Waals surface area contributed by atoms with Gasteiger partial charge < -0.3 is 10.1 Å². The lowest BCUT2D eigenvalue weighted by atomic mass is 10.2. The number of sulfonamides is 1. The van der Waals surface area contributed by atoms with E-state index in [-0.39, 0.29) is 16.4 Å². The molecule has 0 heterocycles. The standard InChI is InChI=1S/C17H17BrClFN2O4S/c1-10(17(23)21-15-6-4-11(18)8-14(15)20)22(27(3,24)25)12-5-7-16(26-2)13(19)9-12/h4-10H,1-3H3,(H,21,23)/t10-/m0/s1. The predicted molar refractivity (Wildman–Crippen MR) is 108 cm³/mol. The Hall–Kier alpha value is -1.84. The highest BCUT2D eigenvalue weighted by atomic mass is 79.9. The van der Waals surface area contributed by atoms with Crippen molar-refractivity contribution in [1.29, 1.82) is 0 Å². The van der Waals surface area contributed by atoms with E-state index < -0.39 is 27.8 Å². The van der Waals surface area contributed by atoms with Crippen LogP contribution in [0.25, 0.3) is 0 Å². The number of carbonyl (C=O) groups is 1. The number of anilines is 2. The Labute approximate surface area is 170 Å². The summed E-state index contributed by atoms with van der Waals surface area (Å²) in [6, 6.07) is 7.31. The zero-order valence-corrected chi connectivity index (χ0v) is 17.8. The summed E-state index contributed by atoms with van der Waals surface area (Å²) in [5.41, 5.74) is 0.124. The van der Waals surface area contributed by atoms with Gasteiger partial charge in [-0.15, -0.1) is 0 Å². The second-order valence-electron chi connectivity index (χ2n) is 5.67. The van der Waals surface area contributed by atoms with Crippen LogP contribution in [-0.4, -0.2) is 33.7 Å². The first-order chi connectivity index (χ1) is 12.5. The third kappa shape index (κ3) is 5.12. The number of benzene rings is 2. The highest BCUT2D eigenvalue weighted by Crippen LogP contribution is 2.31. The van der Waals surface area contributed by atoms with Gasteiger partial charge in [-0.3, -0.25) is 9.10 Å². The normalized spacial score (nSPS) is 12.4. The molecule has 2 aromatic carbocycles. The molecule has 0 fully saturated rings. The van der Waals surface area contributed by atoms with Gasteiger partial charge >= 0.3 is 0 Å². The molecule has 1 amide bonds. The summed E-state index contributed by atoms with van der Waals surface area (Å²) < 4.78 is 45.0. The molecule has 0 aliphatic carbocycles. The number of hydrogen-bond donors (Lipinski definition) is 1. The van der Waals surface area contributed by atoms with E-state index in [0.717, 1.165) is 10.6 Å². The summed E-state index contributed by atoms with van der Waals surface area (Å²) in [6.07, 6.45) is 0.967. The molecular weight excluding hydrogens is 463 g/mol. The molecular formula is C17H17BrClFN2O4S. The molecule has 0 aromatic heterocycles. The summed E-state index contributed by atoms with van der Waals surface area (Å²) in [6.45, 7) is 1.39. The van der Waals surface area contributed by atoms with Crippen molar-refractivity contribution in [3.05, 3.63) is 51.7 Å². The van der Waals surface area contributed by atoms with E-state index in [1.807, 2.05) is 0 Å². The third-order valence-corrected chi connectivity index (χ3v) is 5.70. The fraction of sp³-hybridized carbons (Fsp3) is 0.235. The van der Waals surface area contributed by atoms with Crippen LogP contribution in [0.15, 0.2) is 40.9 Å². The number of halogens is 3. The van der Waals surface area contributed by atoms with Crippen LogP contribution in [0.2, 0.25) is 5.02 Å². The Balaban J connectivity index is 2.36. The van der Waals surface area contributed by atoms with Gasteiger partial charge in [-0.2, -0.15) is 0 Å². The van der Waals surface area contributed by atoms with Crippen molar-refractivity contribution in [1.82, 2.24) is 0 Å². The van der Waals surface area contributed by atoms with Crippen LogP contribution in [0.3, 0.4) is 0 Å². The molecule has 2 aromatic rings. The fourth-order valence-corrected chi connectivity index (χ4v) is 4.18. The highest BCUT2D eigenvalue weighted by Gasteiger charge is 2.30. The lowest BCUT2D eigenvalue weighted by Gasteiger charge is -2.28. The Bertz CT molecular complexity index is 971. The molecule has 10 heteroatoms. The van der Waals surface area contributed by atoms with Gasteiger partial charge in [-0.25, -0.2) is 12.8 Å². The number of hydrogen-bond acceptors (Lipinski definition) is 4. The maximum atomic E-state index is 14.0. The molecule has 2 rings (SSSR count). The first kappa shape index (κ1) is 21.5. The molecule has 6 nitrogen and oxygen atoms in total. The van der Waals surface area contributed by atoms with Crippen LogP contribution < -0.4 is 14.4 Å². The maximum absolute atomic E-state index is 14.0. The number of methoxy groups -OCH3 is 1. The van der Waals surface area contributed by atoms with Gasteiger partial charge in [0.1, 0.15) is 17.6 Å². The molecule has 27 heavy (non-hydrogen) atoms. The van der Waals surface area contributed by atoms with Crippen LogP contribution in [0.5, 0.6) is 5.75 Å². The second kappa shape index (κ2) is 8.45. The Kier molecular flexibility index (Phi) is 6.72. The third-order valence-electron chi connectivity index (χ3n) is 3.67. The fourth-order valence-electron chi connectivity index (χ4n) is 2.43. The Morgan fingerprint density at radius 2 is 1.96 bits per heavy atom. The van der Waals surface area contributed by atoms with E-state index in [2.05, 4.69) is 21.2 Å². The van der Waals surface area contributed by atoms with Crippen molar-refractivity contribution in [3.63, 3.8) is 0 Å². The summed E-state index contributed by atoms with van der Waals surface area (Å²) in [4.78, 5) is 12.6. The largest absolute Gasteiger partial charge is 0.495 e. The summed E-state index contributed by atoms with van der Waals surface area (Å²) in [5.74, 6) is -0.986. The smallest absolute Gasteiger partial charge is 0.248 e. The number of rotatable bonds is 6. The van der Waals surface area contributed by atoms with Gasteiger partial charge in [-0.05, 0) is 43.3 Å². The second-order valence-corrected chi connectivity index (χ2v) is 8.85. The van der Waals surface area contributed by atoms with Gasteiger partial charge in [-0.1, -0.05) is 27.5 Å². The zero-order valence-electron chi connectivity index (χ0n) is 14.7. The van der Waals surface area contributed by atoms with E-state index >= 15 is 0 Å². The molecule has 0 saturated carbocycles. The average Bonchev–Trinajstić information content (AvgIpc) is 2.56. The van der Waals surface area contributed by atoms with Crippen LogP contribution in [0.4, 0.5) is 15.8 Å². The number of amides is 1. The monoisotopic (exact) mass is 478 g/mol. The molecule has 146 valence electrons. The molecule has 0 saturated heterocycles. The molecule has 0 unspecified atom stereocenters. The van der Waals surface area contributed by atoms with Crippen LogP contribution in [0, 0.1) is 5.82 Å². The molecule has 0 aliphatic heterocycles. The number of nitrogens with one attached hydrogen (secondary N) is 1. The van der Waals surface area contributed by atoms with Gasteiger partial charge in [0.05, 0.1) is 29.8 Å². The minimum Gasteiger partial charge on any atom is -0.495 e. The molecule has 0 bridgehead atoms. The Morgan fingerprint density at radius 3 is 2.48 bits per heavy atom. The quantitative estimate of drug-likeness (QED) is 0.678. The average molecular weight is 480 g/mol. The molecule has 0 radical (unpaired) electrons. The first-order valence-electron chi connectivity index (χ1n) is 7.63. The molecule has 1 N–H and O–H groups in total. The van der Waals surface area contributed by atoms with Crippen LogP contribution in [0.1, 0.15) is 6.92 Å². The first-order valence-corrected chi connectivity index (χ1v) is 10.7. The van der Waals surface area contributed by atoms with Crippen molar-refractivity contribution < 1.29 is 22.3 Å². The van der Waals surface area contributed by atoms with Gasteiger partial charge in [0.15, 0.2) is 0 Å². The number of nitrogens with zero attached hydrogens (tertiary/aromatic N) is 1. The highest BCUT2D eigenvalue weighted by molar-refractivity contribution is 9.10. The molecule has 1 atom stereocenters. The minimum absolute atomic E-state index is 0.0590. The summed E-state index contributed by atoms with van der Waals surface area (Å²) in [7, 11) is -2.41. The van der Waals surface area contributed by atoms with E-state index in [1.165, 1.54) is 44.4 Å². The topological polar surface area (TPSA) is 75.7 Å². The minimum atomic E-state index is -3.84. The maximum Gasteiger partial charge on any atom is 0.248 e. The predicted octanol–water partition coefficient (Wildman–Crippen LogP) is 4.04. The van der Waals surface area contributed by atoms with E-state index in [0.29, 0.717) is 10.2 Å². The lowest BCUT2D eigenvalue weighted by Crippen LogP contribution is -2.45. The van der Waals surface area contributed by atoms with E-state index in [1.54, 1.807) is 6.07 Å². The van der Waals surface area contributed by atoms with Crippen LogP contribution in [-0.2, 0) is 14.8 Å². The van der Waals surface area contributed by atoms with Gasteiger partial charge in [0.25, 0.3) is 0 Å². The number of ether oxygens (including phenoxy) is 1. The number of carbonyl (C=O) groups excluding carboxylic acids is 1.